The summed E-state index contributed by atoms with van der Waals surface area (Å²) in [7, 11) is 0. The van der Waals surface area contributed by atoms with Gasteiger partial charge in [0.2, 0.25) is 0 Å². The lowest BCUT2D eigenvalue weighted by Crippen LogP contribution is -2.00. The Morgan fingerprint density at radius 2 is 1.78 bits per heavy atom. The Balaban J connectivity index is 1.80. The second-order valence-electron chi connectivity index (χ2n) is 5.39. The molecule has 2 aromatic heterocycles. The highest BCUT2D eigenvalue weighted by Gasteiger charge is 2.15. The average Bonchev–Trinajstić information content (AvgIpc) is 3.13. The number of benzene rings is 2. The van der Waals surface area contributed by atoms with Crippen LogP contribution >= 0.6 is 23.2 Å². The Kier molecular flexibility index (Phi) is 3.60. The minimum atomic E-state index is 0.503. The smallest absolute Gasteiger partial charge is 0.155 e. The predicted octanol–water partition coefficient (Wildman–Crippen LogP) is 5.39. The largest absolute Gasteiger partial charge is 0.360 e. The van der Waals surface area contributed by atoms with Crippen molar-refractivity contribution in [3.63, 3.8) is 0 Å². The van der Waals surface area contributed by atoms with Gasteiger partial charge in [-0.1, -0.05) is 53.5 Å². The topological polar surface area (TPSA) is 33.6 Å². The first-order valence-corrected chi connectivity index (χ1v) is 7.99. The number of hydrogen-bond donors (Lipinski definition) is 1. The second kappa shape index (κ2) is 5.76. The van der Waals surface area contributed by atoms with Crippen molar-refractivity contribution < 1.29 is 0 Å². The molecule has 4 rings (SSSR count). The first-order chi connectivity index (χ1) is 11.2. The number of H-pyrrole nitrogens is 1. The number of imidazole rings is 1. The molecule has 2 heterocycles. The molecule has 0 aliphatic carbocycles. The van der Waals surface area contributed by atoms with Gasteiger partial charge < -0.3 is 9.55 Å². The highest BCUT2D eigenvalue weighted by molar-refractivity contribution is 6.32. The van der Waals surface area contributed by atoms with E-state index in [-0.39, 0.29) is 0 Å². The summed E-state index contributed by atoms with van der Waals surface area (Å²) in [6.45, 7) is 0.686. The summed E-state index contributed by atoms with van der Waals surface area (Å²) in [5, 5.41) is 2.37. The number of fused-ring (bicyclic) bond motifs is 1. The van der Waals surface area contributed by atoms with E-state index in [1.165, 1.54) is 0 Å². The summed E-state index contributed by atoms with van der Waals surface area (Å²) in [6.07, 6.45) is 3.75. The standard InChI is InChI=1S/C18H13Cl2N3/c19-13-7-5-12(6-8-13)10-23-11-22-18(20)17(23)15-9-21-16-4-2-1-3-14(15)16/h1-9,11,21H,10H2. The van der Waals surface area contributed by atoms with Crippen molar-refractivity contribution >= 4 is 34.1 Å². The van der Waals surface area contributed by atoms with E-state index in [2.05, 4.69) is 20.6 Å². The van der Waals surface area contributed by atoms with Crippen molar-refractivity contribution in [3.8, 4) is 11.3 Å². The molecule has 23 heavy (non-hydrogen) atoms. The van der Waals surface area contributed by atoms with Gasteiger partial charge in [0.15, 0.2) is 5.15 Å². The van der Waals surface area contributed by atoms with Crippen molar-refractivity contribution in [3.05, 3.63) is 76.8 Å². The number of rotatable bonds is 3. The van der Waals surface area contributed by atoms with Gasteiger partial charge in [-0.15, -0.1) is 0 Å². The van der Waals surface area contributed by atoms with E-state index in [1.54, 1.807) is 6.33 Å². The molecular formula is C18H13Cl2N3. The second-order valence-corrected chi connectivity index (χ2v) is 6.18. The van der Waals surface area contributed by atoms with Gasteiger partial charge in [-0.3, -0.25) is 0 Å². The number of halogens is 2. The maximum absolute atomic E-state index is 6.36. The van der Waals surface area contributed by atoms with Gasteiger partial charge in [0.05, 0.1) is 12.0 Å². The van der Waals surface area contributed by atoms with E-state index in [0.717, 1.165) is 32.7 Å². The maximum Gasteiger partial charge on any atom is 0.155 e. The highest BCUT2D eigenvalue weighted by atomic mass is 35.5. The molecule has 0 aliphatic rings. The number of hydrogen-bond acceptors (Lipinski definition) is 1. The lowest BCUT2D eigenvalue weighted by molar-refractivity contribution is 0.805. The van der Waals surface area contributed by atoms with Crippen LogP contribution in [0.1, 0.15) is 5.56 Å². The molecule has 2 aromatic carbocycles. The third-order valence-electron chi connectivity index (χ3n) is 3.90. The quantitative estimate of drug-likeness (QED) is 0.532. The van der Waals surface area contributed by atoms with Gasteiger partial charge in [0.1, 0.15) is 0 Å². The maximum atomic E-state index is 6.36. The van der Waals surface area contributed by atoms with Gasteiger partial charge in [-0.2, -0.15) is 0 Å². The highest BCUT2D eigenvalue weighted by Crippen LogP contribution is 2.33. The molecule has 114 valence electrons. The summed E-state index contributed by atoms with van der Waals surface area (Å²) in [5.74, 6) is 0. The van der Waals surface area contributed by atoms with Crippen LogP contribution in [0.3, 0.4) is 0 Å². The van der Waals surface area contributed by atoms with Crippen LogP contribution in [0.5, 0.6) is 0 Å². The fourth-order valence-corrected chi connectivity index (χ4v) is 3.18. The Labute approximate surface area is 143 Å². The minimum absolute atomic E-state index is 0.503. The zero-order chi connectivity index (χ0) is 15.8. The molecule has 0 unspecified atom stereocenters. The Hall–Kier alpha value is -2.23. The van der Waals surface area contributed by atoms with E-state index in [4.69, 9.17) is 23.2 Å². The lowest BCUT2D eigenvalue weighted by atomic mass is 10.1. The van der Waals surface area contributed by atoms with Crippen LogP contribution in [0.15, 0.2) is 61.1 Å². The Bertz CT molecular complexity index is 968. The molecule has 5 heteroatoms. The molecule has 3 nitrogen and oxygen atoms in total. The molecule has 4 aromatic rings. The molecule has 0 saturated heterocycles. The number of aromatic amines is 1. The van der Waals surface area contributed by atoms with Gasteiger partial charge in [-0.25, -0.2) is 4.98 Å². The van der Waals surface area contributed by atoms with Crippen molar-refractivity contribution in [2.24, 2.45) is 0 Å². The predicted molar refractivity (Wildman–Crippen MR) is 95.1 cm³/mol. The Morgan fingerprint density at radius 3 is 2.61 bits per heavy atom. The van der Waals surface area contributed by atoms with Crippen LogP contribution in [0, 0.1) is 0 Å². The van der Waals surface area contributed by atoms with Crippen LogP contribution in [0.25, 0.3) is 22.2 Å². The summed E-state index contributed by atoms with van der Waals surface area (Å²) >= 11 is 12.3. The molecule has 0 amide bonds. The Morgan fingerprint density at radius 1 is 1.00 bits per heavy atom. The fraction of sp³-hybridized carbons (Fsp3) is 0.0556. The van der Waals surface area contributed by atoms with Crippen LogP contribution in [-0.4, -0.2) is 14.5 Å². The number of nitrogens with one attached hydrogen (secondary N) is 1. The van der Waals surface area contributed by atoms with Gasteiger partial charge in [0.25, 0.3) is 0 Å². The summed E-state index contributed by atoms with van der Waals surface area (Å²) in [5.41, 5.74) is 4.19. The van der Waals surface area contributed by atoms with Gasteiger partial charge >= 0.3 is 0 Å². The van der Waals surface area contributed by atoms with Crippen molar-refractivity contribution in [1.29, 1.82) is 0 Å². The van der Waals surface area contributed by atoms with Crippen LogP contribution < -0.4 is 0 Å². The first-order valence-electron chi connectivity index (χ1n) is 7.24. The number of aromatic nitrogens is 3. The lowest BCUT2D eigenvalue weighted by Gasteiger charge is -2.08. The van der Waals surface area contributed by atoms with Gasteiger partial charge in [-0.05, 0) is 23.8 Å². The monoisotopic (exact) mass is 341 g/mol. The summed E-state index contributed by atoms with van der Waals surface area (Å²) in [6, 6.07) is 16.0. The zero-order valence-corrected chi connectivity index (χ0v) is 13.6. The zero-order valence-electron chi connectivity index (χ0n) is 12.1. The fourth-order valence-electron chi connectivity index (χ4n) is 2.80. The van der Waals surface area contributed by atoms with E-state index in [9.17, 15) is 0 Å². The molecule has 0 atom stereocenters. The third kappa shape index (κ3) is 2.62. The van der Waals surface area contributed by atoms with Crippen molar-refractivity contribution in [2.75, 3.05) is 0 Å². The first kappa shape index (κ1) is 14.4. The average molecular weight is 342 g/mol. The van der Waals surface area contributed by atoms with E-state index >= 15 is 0 Å². The molecule has 0 radical (unpaired) electrons. The summed E-state index contributed by atoms with van der Waals surface area (Å²) < 4.78 is 2.06. The third-order valence-corrected chi connectivity index (χ3v) is 4.43. The van der Waals surface area contributed by atoms with E-state index in [0.29, 0.717) is 11.7 Å². The molecule has 0 saturated carbocycles. The minimum Gasteiger partial charge on any atom is -0.360 e. The van der Waals surface area contributed by atoms with E-state index < -0.39 is 0 Å². The molecule has 1 N–H and O–H groups in total. The number of nitrogens with zero attached hydrogens (tertiary/aromatic N) is 2. The van der Waals surface area contributed by atoms with E-state index in [1.807, 2.05) is 48.7 Å². The molecule has 0 spiro atoms. The van der Waals surface area contributed by atoms with Crippen LogP contribution in [0.4, 0.5) is 0 Å². The summed E-state index contributed by atoms with van der Waals surface area (Å²) in [4.78, 5) is 7.57. The molecule has 0 fully saturated rings. The number of para-hydroxylation sites is 1. The molecule has 0 aliphatic heterocycles. The van der Waals surface area contributed by atoms with Crippen molar-refractivity contribution in [1.82, 2.24) is 14.5 Å². The van der Waals surface area contributed by atoms with Crippen molar-refractivity contribution in [2.45, 2.75) is 6.54 Å². The van der Waals surface area contributed by atoms with Gasteiger partial charge in [0, 0.05) is 34.2 Å². The normalized spacial score (nSPS) is 11.2. The SMILES string of the molecule is Clc1ccc(Cn2cnc(Cl)c2-c2c[nH]c3ccccc23)cc1. The molecular weight excluding hydrogens is 329 g/mol. The van der Waals surface area contributed by atoms with Crippen LogP contribution in [0.2, 0.25) is 10.2 Å². The van der Waals surface area contributed by atoms with Crippen LogP contribution in [-0.2, 0) is 6.54 Å². The molecule has 0 bridgehead atoms.